The van der Waals surface area contributed by atoms with Crippen LogP contribution in [0.25, 0.3) is 0 Å². The van der Waals surface area contributed by atoms with Gasteiger partial charge in [0, 0.05) is 19.3 Å². The number of nitrogens with zero attached hydrogens (tertiary/aromatic N) is 1. The summed E-state index contributed by atoms with van der Waals surface area (Å²) in [6.45, 7) is 0.704. The van der Waals surface area contributed by atoms with E-state index in [1.165, 1.54) is 12.3 Å². The van der Waals surface area contributed by atoms with Gasteiger partial charge in [-0.3, -0.25) is 4.79 Å². The third kappa shape index (κ3) is 3.44. The highest BCUT2D eigenvalue weighted by Gasteiger charge is 2.25. The first-order valence-corrected chi connectivity index (χ1v) is 6.75. The van der Waals surface area contributed by atoms with Gasteiger partial charge in [0.2, 0.25) is 0 Å². The number of aromatic hydroxyl groups is 1. The maximum Gasteiger partial charge on any atom is 0.273 e. The molecule has 0 aromatic carbocycles. The van der Waals surface area contributed by atoms with E-state index >= 15 is 0 Å². The molecule has 19 heavy (non-hydrogen) atoms. The SMILES string of the molecule is O=C(NCC1CCCCC1CO)c1ncccc1O. The summed E-state index contributed by atoms with van der Waals surface area (Å²) >= 11 is 0. The molecular formula is C14H20N2O3. The van der Waals surface area contributed by atoms with Gasteiger partial charge in [0.1, 0.15) is 5.75 Å². The monoisotopic (exact) mass is 264 g/mol. The fourth-order valence-corrected chi connectivity index (χ4v) is 2.67. The van der Waals surface area contributed by atoms with Crippen LogP contribution in [0.3, 0.4) is 0 Å². The molecule has 0 aliphatic heterocycles. The van der Waals surface area contributed by atoms with Crippen LogP contribution in [-0.4, -0.2) is 34.3 Å². The Morgan fingerprint density at radius 2 is 2.11 bits per heavy atom. The number of pyridine rings is 1. The van der Waals surface area contributed by atoms with E-state index in [1.807, 2.05) is 0 Å². The van der Waals surface area contributed by atoms with E-state index in [9.17, 15) is 15.0 Å². The number of hydrogen-bond acceptors (Lipinski definition) is 4. The van der Waals surface area contributed by atoms with Crippen LogP contribution in [0.5, 0.6) is 5.75 Å². The maximum absolute atomic E-state index is 11.9. The molecule has 1 aliphatic rings. The number of aliphatic hydroxyl groups excluding tert-OH is 1. The number of hydrogen-bond donors (Lipinski definition) is 3. The summed E-state index contributed by atoms with van der Waals surface area (Å²) in [6.07, 6.45) is 5.82. The zero-order valence-electron chi connectivity index (χ0n) is 10.9. The highest BCUT2D eigenvalue weighted by molar-refractivity contribution is 5.94. The summed E-state index contributed by atoms with van der Waals surface area (Å²) in [4.78, 5) is 15.8. The normalized spacial score (nSPS) is 23.0. The number of carbonyl (C=O) groups is 1. The lowest BCUT2D eigenvalue weighted by atomic mass is 9.79. The Kier molecular flexibility index (Phi) is 4.74. The van der Waals surface area contributed by atoms with Crippen molar-refractivity contribution in [3.63, 3.8) is 0 Å². The first-order chi connectivity index (χ1) is 9.22. The van der Waals surface area contributed by atoms with E-state index in [0.29, 0.717) is 12.5 Å². The van der Waals surface area contributed by atoms with Crippen molar-refractivity contribution in [2.75, 3.05) is 13.2 Å². The molecule has 3 N–H and O–H groups in total. The minimum absolute atomic E-state index is 0.0545. The molecule has 1 fully saturated rings. The van der Waals surface area contributed by atoms with Crippen molar-refractivity contribution in [3.8, 4) is 5.75 Å². The minimum atomic E-state index is -0.361. The summed E-state index contributed by atoms with van der Waals surface area (Å²) in [5.74, 6) is 0.114. The van der Waals surface area contributed by atoms with E-state index in [2.05, 4.69) is 10.3 Å². The van der Waals surface area contributed by atoms with Gasteiger partial charge in [-0.05, 0) is 36.8 Å². The molecule has 5 heteroatoms. The molecule has 0 radical (unpaired) electrons. The van der Waals surface area contributed by atoms with Gasteiger partial charge in [-0.1, -0.05) is 12.8 Å². The van der Waals surface area contributed by atoms with Crippen molar-refractivity contribution < 1.29 is 15.0 Å². The molecule has 2 unspecified atom stereocenters. The Hall–Kier alpha value is -1.62. The molecule has 0 bridgehead atoms. The molecule has 1 saturated carbocycles. The van der Waals surface area contributed by atoms with Gasteiger partial charge in [0.25, 0.3) is 5.91 Å². The van der Waals surface area contributed by atoms with Crippen LogP contribution in [-0.2, 0) is 0 Å². The average molecular weight is 264 g/mol. The van der Waals surface area contributed by atoms with Crippen LogP contribution in [0.2, 0.25) is 0 Å². The van der Waals surface area contributed by atoms with Crippen molar-refractivity contribution in [2.45, 2.75) is 25.7 Å². The predicted molar refractivity (Wildman–Crippen MR) is 70.8 cm³/mol. The van der Waals surface area contributed by atoms with Crippen LogP contribution >= 0.6 is 0 Å². The second-order valence-corrected chi connectivity index (χ2v) is 5.07. The Bertz CT molecular complexity index is 436. The fraction of sp³-hybridized carbons (Fsp3) is 0.571. The van der Waals surface area contributed by atoms with E-state index in [4.69, 9.17) is 0 Å². The first-order valence-electron chi connectivity index (χ1n) is 6.75. The first kappa shape index (κ1) is 13.8. The molecule has 104 valence electrons. The lowest BCUT2D eigenvalue weighted by Gasteiger charge is -2.30. The quantitative estimate of drug-likeness (QED) is 0.766. The van der Waals surface area contributed by atoms with E-state index in [0.717, 1.165) is 25.7 Å². The van der Waals surface area contributed by atoms with E-state index < -0.39 is 0 Å². The van der Waals surface area contributed by atoms with Gasteiger partial charge >= 0.3 is 0 Å². The molecule has 1 aromatic rings. The summed E-state index contributed by atoms with van der Waals surface area (Å²) < 4.78 is 0. The Labute approximate surface area is 112 Å². The largest absolute Gasteiger partial charge is 0.505 e. The van der Waals surface area contributed by atoms with E-state index in [1.54, 1.807) is 6.07 Å². The Morgan fingerprint density at radius 1 is 1.37 bits per heavy atom. The molecule has 2 atom stereocenters. The van der Waals surface area contributed by atoms with Crippen LogP contribution < -0.4 is 5.32 Å². The van der Waals surface area contributed by atoms with E-state index in [-0.39, 0.29) is 29.9 Å². The zero-order valence-corrected chi connectivity index (χ0v) is 10.9. The smallest absolute Gasteiger partial charge is 0.273 e. The molecule has 5 nitrogen and oxygen atoms in total. The average Bonchev–Trinajstić information content (AvgIpc) is 2.45. The number of nitrogens with one attached hydrogen (secondary N) is 1. The lowest BCUT2D eigenvalue weighted by Crippen LogP contribution is -2.35. The standard InChI is InChI=1S/C14H20N2O3/c17-9-11-5-2-1-4-10(11)8-16-14(19)13-12(18)6-3-7-15-13/h3,6-7,10-11,17-18H,1-2,4-5,8-9H2,(H,16,19). The third-order valence-electron chi connectivity index (χ3n) is 3.83. The molecule has 1 aliphatic carbocycles. The second-order valence-electron chi connectivity index (χ2n) is 5.07. The van der Waals surface area contributed by atoms with Crippen molar-refractivity contribution in [1.29, 1.82) is 0 Å². The molecule has 1 amide bonds. The number of aliphatic hydroxyl groups is 1. The van der Waals surface area contributed by atoms with Crippen LogP contribution in [0.15, 0.2) is 18.3 Å². The maximum atomic E-state index is 11.9. The highest BCUT2D eigenvalue weighted by Crippen LogP contribution is 2.29. The number of carbonyl (C=O) groups excluding carboxylic acids is 1. The number of rotatable bonds is 4. The summed E-state index contributed by atoms with van der Waals surface area (Å²) in [6, 6.07) is 3.02. The van der Waals surface area contributed by atoms with Gasteiger partial charge in [-0.25, -0.2) is 4.98 Å². The van der Waals surface area contributed by atoms with Crippen LogP contribution in [0.1, 0.15) is 36.2 Å². The highest BCUT2D eigenvalue weighted by atomic mass is 16.3. The van der Waals surface area contributed by atoms with Crippen molar-refractivity contribution in [1.82, 2.24) is 10.3 Å². The van der Waals surface area contributed by atoms with Gasteiger partial charge < -0.3 is 15.5 Å². The van der Waals surface area contributed by atoms with Gasteiger partial charge in [-0.2, -0.15) is 0 Å². The number of amides is 1. The molecule has 0 spiro atoms. The van der Waals surface area contributed by atoms with Crippen LogP contribution in [0.4, 0.5) is 0 Å². The van der Waals surface area contributed by atoms with Crippen molar-refractivity contribution >= 4 is 5.91 Å². The molecule has 0 saturated heterocycles. The summed E-state index contributed by atoms with van der Waals surface area (Å²) in [5, 5.41) is 21.7. The van der Waals surface area contributed by atoms with Gasteiger partial charge in [0.05, 0.1) is 0 Å². The van der Waals surface area contributed by atoms with Crippen LogP contribution in [0, 0.1) is 11.8 Å². The van der Waals surface area contributed by atoms with Crippen molar-refractivity contribution in [2.24, 2.45) is 11.8 Å². The molecule has 1 heterocycles. The molecule has 1 aromatic heterocycles. The Balaban J connectivity index is 1.91. The van der Waals surface area contributed by atoms with Gasteiger partial charge in [-0.15, -0.1) is 0 Å². The fourth-order valence-electron chi connectivity index (χ4n) is 2.67. The van der Waals surface area contributed by atoms with Gasteiger partial charge in [0.15, 0.2) is 5.69 Å². The summed E-state index contributed by atoms with van der Waals surface area (Å²) in [7, 11) is 0. The lowest BCUT2D eigenvalue weighted by molar-refractivity contribution is 0.0901. The van der Waals surface area contributed by atoms with Crippen molar-refractivity contribution in [3.05, 3.63) is 24.0 Å². The minimum Gasteiger partial charge on any atom is -0.505 e. The number of aromatic nitrogens is 1. The molecule has 2 rings (SSSR count). The predicted octanol–water partition coefficient (Wildman–Crippen LogP) is 1.32. The Morgan fingerprint density at radius 3 is 2.79 bits per heavy atom. The molecular weight excluding hydrogens is 244 g/mol. The zero-order chi connectivity index (χ0) is 13.7. The second kappa shape index (κ2) is 6.52. The topological polar surface area (TPSA) is 82.5 Å². The third-order valence-corrected chi connectivity index (χ3v) is 3.83. The summed E-state index contributed by atoms with van der Waals surface area (Å²) in [5.41, 5.74) is 0.0545.